The van der Waals surface area contributed by atoms with Crippen LogP contribution in [-0.2, 0) is 4.84 Å². The molecule has 1 aliphatic rings. The van der Waals surface area contributed by atoms with Crippen molar-refractivity contribution in [3.8, 4) is 0 Å². The number of hydroxylamine groups is 2. The highest BCUT2D eigenvalue weighted by Gasteiger charge is 2.23. The maximum atomic E-state index is 12.3. The van der Waals surface area contributed by atoms with Crippen molar-refractivity contribution in [3.63, 3.8) is 0 Å². The van der Waals surface area contributed by atoms with Gasteiger partial charge in [0.1, 0.15) is 5.69 Å². The Morgan fingerprint density at radius 3 is 3.10 bits per heavy atom. The minimum atomic E-state index is -0.390. The minimum absolute atomic E-state index is 0.0473. The Bertz CT molecular complexity index is 619. The van der Waals surface area contributed by atoms with Crippen LogP contribution >= 0.6 is 11.6 Å². The van der Waals surface area contributed by atoms with E-state index in [0.29, 0.717) is 10.6 Å². The van der Waals surface area contributed by atoms with Gasteiger partial charge in [-0.05, 0) is 6.08 Å². The Balaban J connectivity index is 2.27. The van der Waals surface area contributed by atoms with Crippen LogP contribution in [0.4, 0.5) is 0 Å². The molecule has 106 valence electrons. The number of oxime groups is 1. The summed E-state index contributed by atoms with van der Waals surface area (Å²) >= 11 is 6.01. The zero-order chi connectivity index (χ0) is 14.7. The molecule has 0 fully saturated rings. The molecular weight excluding hydrogens is 286 g/mol. The molecule has 0 atom stereocenters. The third-order valence-electron chi connectivity index (χ3n) is 2.67. The lowest BCUT2D eigenvalue weighted by Crippen LogP contribution is -2.26. The van der Waals surface area contributed by atoms with Gasteiger partial charge in [0.15, 0.2) is 11.7 Å². The lowest BCUT2D eigenvalue weighted by molar-refractivity contribution is -0.0808. The molecule has 0 amide bonds. The fourth-order valence-corrected chi connectivity index (χ4v) is 1.80. The SMILES string of the molecule is CON1C=CC(Cl)=C(C(=O)c2ncc(C(N)=NO)[nH]2)C1. The van der Waals surface area contributed by atoms with E-state index < -0.39 is 5.78 Å². The van der Waals surface area contributed by atoms with E-state index in [4.69, 9.17) is 27.4 Å². The Morgan fingerprint density at radius 1 is 1.70 bits per heavy atom. The monoisotopic (exact) mass is 297 g/mol. The first-order valence-corrected chi connectivity index (χ1v) is 5.89. The summed E-state index contributed by atoms with van der Waals surface area (Å²) in [5.41, 5.74) is 5.97. The van der Waals surface area contributed by atoms with Gasteiger partial charge in [0.2, 0.25) is 5.78 Å². The number of allylic oxidation sites excluding steroid dienone is 2. The summed E-state index contributed by atoms with van der Waals surface area (Å²) in [7, 11) is 1.48. The fourth-order valence-electron chi connectivity index (χ4n) is 1.60. The lowest BCUT2D eigenvalue weighted by Gasteiger charge is -2.22. The molecule has 1 aliphatic heterocycles. The van der Waals surface area contributed by atoms with Gasteiger partial charge in [0.25, 0.3) is 0 Å². The second-order valence-corrected chi connectivity index (χ2v) is 4.27. The Hall–Kier alpha value is -2.32. The van der Waals surface area contributed by atoms with Crippen LogP contribution in [0.1, 0.15) is 16.3 Å². The Kier molecular flexibility index (Phi) is 4.06. The summed E-state index contributed by atoms with van der Waals surface area (Å²) in [5, 5.41) is 13.1. The quantitative estimate of drug-likeness (QED) is 0.246. The topological polar surface area (TPSA) is 117 Å². The molecule has 2 heterocycles. The fraction of sp³-hybridized carbons (Fsp3) is 0.182. The normalized spacial score (nSPS) is 15.9. The van der Waals surface area contributed by atoms with Crippen LogP contribution in [0.5, 0.6) is 0 Å². The van der Waals surface area contributed by atoms with Crippen LogP contribution in [0.25, 0.3) is 0 Å². The summed E-state index contributed by atoms with van der Waals surface area (Å²) in [6, 6.07) is 0. The zero-order valence-electron chi connectivity index (χ0n) is 10.5. The molecule has 1 aromatic heterocycles. The van der Waals surface area contributed by atoms with Crippen LogP contribution in [0.2, 0.25) is 0 Å². The van der Waals surface area contributed by atoms with Crippen LogP contribution < -0.4 is 5.73 Å². The average Bonchev–Trinajstić information content (AvgIpc) is 2.96. The van der Waals surface area contributed by atoms with E-state index in [1.165, 1.54) is 18.4 Å². The van der Waals surface area contributed by atoms with E-state index in [9.17, 15) is 4.79 Å². The molecule has 0 saturated carbocycles. The molecule has 0 aliphatic carbocycles. The highest BCUT2D eigenvalue weighted by molar-refractivity contribution is 6.34. The first-order chi connectivity index (χ1) is 9.56. The molecule has 1 aromatic rings. The van der Waals surface area contributed by atoms with Gasteiger partial charge in [-0.3, -0.25) is 14.7 Å². The summed E-state index contributed by atoms with van der Waals surface area (Å²) in [5.74, 6) is -0.511. The van der Waals surface area contributed by atoms with E-state index >= 15 is 0 Å². The highest BCUT2D eigenvalue weighted by atomic mass is 35.5. The number of nitrogens with two attached hydrogens (primary N) is 1. The van der Waals surface area contributed by atoms with Gasteiger partial charge in [0.05, 0.1) is 24.9 Å². The van der Waals surface area contributed by atoms with Gasteiger partial charge in [-0.1, -0.05) is 16.8 Å². The van der Waals surface area contributed by atoms with Crippen LogP contribution in [0.3, 0.4) is 0 Å². The maximum absolute atomic E-state index is 12.3. The third kappa shape index (κ3) is 2.65. The minimum Gasteiger partial charge on any atom is -0.409 e. The largest absolute Gasteiger partial charge is 0.409 e. The van der Waals surface area contributed by atoms with Crippen molar-refractivity contribution >= 4 is 23.2 Å². The number of H-pyrrole nitrogens is 1. The van der Waals surface area contributed by atoms with Crippen molar-refractivity contribution in [2.75, 3.05) is 13.7 Å². The molecule has 0 unspecified atom stereocenters. The number of imidazole rings is 1. The van der Waals surface area contributed by atoms with E-state index in [2.05, 4.69) is 15.1 Å². The van der Waals surface area contributed by atoms with Crippen molar-refractivity contribution in [1.29, 1.82) is 0 Å². The molecule has 9 heteroatoms. The van der Waals surface area contributed by atoms with Gasteiger partial charge in [-0.2, -0.15) is 0 Å². The highest BCUT2D eigenvalue weighted by Crippen LogP contribution is 2.21. The number of carbonyl (C=O) groups excluding carboxylic acids is 1. The summed E-state index contributed by atoms with van der Waals surface area (Å²) in [6.45, 7) is 0.199. The van der Waals surface area contributed by atoms with E-state index in [-0.39, 0.29) is 23.9 Å². The zero-order valence-corrected chi connectivity index (χ0v) is 11.3. The first-order valence-electron chi connectivity index (χ1n) is 5.52. The number of carbonyl (C=O) groups is 1. The van der Waals surface area contributed by atoms with Crippen molar-refractivity contribution in [2.45, 2.75) is 0 Å². The van der Waals surface area contributed by atoms with Gasteiger partial charge in [0, 0.05) is 11.8 Å². The first kappa shape index (κ1) is 14.1. The average molecular weight is 298 g/mol. The second-order valence-electron chi connectivity index (χ2n) is 3.86. The van der Waals surface area contributed by atoms with Crippen molar-refractivity contribution in [2.24, 2.45) is 10.9 Å². The standard InChI is InChI=1S/C11H12ClN5O3/c1-20-17-3-2-7(12)6(5-17)9(18)11-14-4-8(15-11)10(13)16-19/h2-4,19H,5H2,1H3,(H2,13,16)(H,14,15). The van der Waals surface area contributed by atoms with Crippen LogP contribution in [0, 0.1) is 0 Å². The van der Waals surface area contributed by atoms with Crippen LogP contribution in [-0.4, -0.2) is 45.5 Å². The summed E-state index contributed by atoms with van der Waals surface area (Å²) in [4.78, 5) is 23.9. The molecule has 0 bridgehead atoms. The molecule has 4 N–H and O–H groups in total. The van der Waals surface area contributed by atoms with E-state index in [1.54, 1.807) is 12.3 Å². The summed E-state index contributed by atoms with van der Waals surface area (Å²) < 4.78 is 0. The van der Waals surface area contributed by atoms with Gasteiger partial charge < -0.3 is 15.9 Å². The number of nitrogens with one attached hydrogen (secondary N) is 1. The number of nitrogens with zero attached hydrogens (tertiary/aromatic N) is 3. The Morgan fingerprint density at radius 2 is 2.45 bits per heavy atom. The number of halogens is 1. The summed E-state index contributed by atoms with van der Waals surface area (Å²) in [6.07, 6.45) is 4.46. The molecule has 20 heavy (non-hydrogen) atoms. The van der Waals surface area contributed by atoms with Crippen molar-refractivity contribution < 1.29 is 14.8 Å². The predicted molar refractivity (Wildman–Crippen MR) is 71.2 cm³/mol. The molecule has 0 radical (unpaired) electrons. The number of rotatable bonds is 4. The predicted octanol–water partition coefficient (Wildman–Crippen LogP) is 0.571. The van der Waals surface area contributed by atoms with E-state index in [0.717, 1.165) is 0 Å². The number of aromatic nitrogens is 2. The van der Waals surface area contributed by atoms with E-state index in [1.807, 2.05) is 0 Å². The molecule has 2 rings (SSSR count). The lowest BCUT2D eigenvalue weighted by atomic mass is 10.1. The smallest absolute Gasteiger partial charge is 0.227 e. The molecule has 0 spiro atoms. The van der Waals surface area contributed by atoms with Gasteiger partial charge in [-0.25, -0.2) is 4.98 Å². The molecule has 0 aromatic carbocycles. The molecule has 8 nitrogen and oxygen atoms in total. The maximum Gasteiger partial charge on any atom is 0.227 e. The second kappa shape index (κ2) is 5.76. The molecule has 0 saturated heterocycles. The number of hydrogen-bond donors (Lipinski definition) is 3. The van der Waals surface area contributed by atoms with Crippen LogP contribution in [0.15, 0.2) is 34.2 Å². The number of aromatic amines is 1. The Labute approximate surface area is 119 Å². The molecular formula is C11H12ClN5O3. The van der Waals surface area contributed by atoms with Crippen molar-refractivity contribution in [3.05, 3.63) is 40.6 Å². The number of Topliss-reactive ketones (excluding diaryl/α,β-unsaturated/α-hetero) is 1. The third-order valence-corrected chi connectivity index (χ3v) is 3.03. The number of amidine groups is 1. The number of hydrogen-bond acceptors (Lipinski definition) is 6. The van der Waals surface area contributed by atoms with Crippen molar-refractivity contribution in [1.82, 2.24) is 15.0 Å². The van der Waals surface area contributed by atoms with Gasteiger partial charge >= 0.3 is 0 Å². The van der Waals surface area contributed by atoms with Gasteiger partial charge in [-0.15, -0.1) is 0 Å². The number of ketones is 1.